The largest absolute Gasteiger partial charge is 0.496 e. The van der Waals surface area contributed by atoms with E-state index in [4.69, 9.17) is 4.74 Å². The van der Waals surface area contributed by atoms with E-state index in [9.17, 15) is 4.79 Å². The Morgan fingerprint density at radius 2 is 1.80 bits per heavy atom. The topological polar surface area (TPSA) is 32.8 Å². The summed E-state index contributed by atoms with van der Waals surface area (Å²) in [6.07, 6.45) is 1.19. The number of methoxy groups -OCH3 is 1. The van der Waals surface area contributed by atoms with Gasteiger partial charge in [-0.25, -0.2) is 0 Å². The predicted molar refractivity (Wildman–Crippen MR) is 80.5 cm³/mol. The Kier molecular flexibility index (Phi) is 5.56. The minimum atomic E-state index is 0.145. The molecule has 0 aromatic heterocycles. The molecule has 1 aliphatic heterocycles. The van der Waals surface area contributed by atoms with Crippen molar-refractivity contribution >= 4 is 5.78 Å². The Morgan fingerprint density at radius 1 is 1.15 bits per heavy atom. The van der Waals surface area contributed by atoms with Crippen molar-refractivity contribution < 1.29 is 9.53 Å². The molecule has 1 aliphatic rings. The molecule has 0 aliphatic carbocycles. The number of hydrogen-bond donors (Lipinski definition) is 0. The second kappa shape index (κ2) is 7.41. The second-order valence-corrected chi connectivity index (χ2v) is 5.24. The van der Waals surface area contributed by atoms with Gasteiger partial charge in [0.05, 0.1) is 19.2 Å². The van der Waals surface area contributed by atoms with Crippen LogP contribution in [0.4, 0.5) is 0 Å². The molecule has 0 unspecified atom stereocenters. The smallest absolute Gasteiger partial charge is 0.180 e. The highest BCUT2D eigenvalue weighted by molar-refractivity contribution is 6.00. The number of carbonyl (C=O) groups is 1. The maximum atomic E-state index is 12.4. The number of piperazine rings is 1. The Hall–Kier alpha value is -1.39. The van der Waals surface area contributed by atoms with Crippen molar-refractivity contribution in [3.63, 3.8) is 0 Å². The third-order valence-electron chi connectivity index (χ3n) is 3.78. The van der Waals surface area contributed by atoms with Gasteiger partial charge in [0.15, 0.2) is 5.78 Å². The van der Waals surface area contributed by atoms with Crippen LogP contribution in [0.3, 0.4) is 0 Å². The Bertz CT molecular complexity index is 440. The normalized spacial score (nSPS) is 17.1. The number of hydrogen-bond acceptors (Lipinski definition) is 4. The highest BCUT2D eigenvalue weighted by atomic mass is 16.5. The molecule has 1 aromatic carbocycles. The Balaban J connectivity index is 1.89. The van der Waals surface area contributed by atoms with Gasteiger partial charge in [-0.05, 0) is 25.1 Å². The molecule has 1 heterocycles. The van der Waals surface area contributed by atoms with Crippen LogP contribution in [0, 0.1) is 0 Å². The van der Waals surface area contributed by atoms with Crippen LogP contribution >= 0.6 is 0 Å². The highest BCUT2D eigenvalue weighted by Crippen LogP contribution is 2.18. The summed E-state index contributed by atoms with van der Waals surface area (Å²) in [6, 6.07) is 7.45. The first-order chi connectivity index (χ1) is 9.74. The number of ether oxygens (including phenoxy) is 1. The van der Waals surface area contributed by atoms with Crippen molar-refractivity contribution in [3.05, 3.63) is 29.8 Å². The van der Waals surface area contributed by atoms with E-state index >= 15 is 0 Å². The number of carbonyl (C=O) groups excluding carboxylic acids is 1. The van der Waals surface area contributed by atoms with Crippen molar-refractivity contribution in [3.8, 4) is 5.75 Å². The van der Waals surface area contributed by atoms with Crippen LogP contribution < -0.4 is 4.74 Å². The maximum absolute atomic E-state index is 12.4. The zero-order valence-corrected chi connectivity index (χ0v) is 12.5. The number of rotatable bonds is 6. The molecule has 1 fully saturated rings. The molecular formula is C16H24N2O2. The van der Waals surface area contributed by atoms with Crippen LogP contribution in [0.2, 0.25) is 0 Å². The van der Waals surface area contributed by atoms with Crippen LogP contribution in [-0.4, -0.2) is 62.0 Å². The number of Topliss-reactive ketones (excluding diaryl/α,β-unsaturated/α-hetero) is 1. The molecule has 0 N–H and O–H groups in total. The summed E-state index contributed by atoms with van der Waals surface area (Å²) in [5, 5.41) is 0. The average molecular weight is 276 g/mol. The second-order valence-electron chi connectivity index (χ2n) is 5.24. The molecule has 1 saturated heterocycles. The molecule has 20 heavy (non-hydrogen) atoms. The molecule has 1 aromatic rings. The van der Waals surface area contributed by atoms with Crippen molar-refractivity contribution in [1.82, 2.24) is 9.80 Å². The summed E-state index contributed by atoms with van der Waals surface area (Å²) in [4.78, 5) is 17.1. The summed E-state index contributed by atoms with van der Waals surface area (Å²) >= 11 is 0. The van der Waals surface area contributed by atoms with Gasteiger partial charge in [-0.3, -0.25) is 9.69 Å². The van der Waals surface area contributed by atoms with Crippen LogP contribution in [-0.2, 0) is 0 Å². The van der Waals surface area contributed by atoms with Gasteiger partial charge in [0, 0.05) is 26.2 Å². The summed E-state index contributed by atoms with van der Waals surface area (Å²) in [6.45, 7) is 7.92. The lowest BCUT2D eigenvalue weighted by atomic mass is 10.1. The van der Waals surface area contributed by atoms with E-state index in [1.807, 2.05) is 24.3 Å². The third kappa shape index (κ3) is 3.81. The summed E-state index contributed by atoms with van der Waals surface area (Å²) in [5.74, 6) is 0.813. The van der Waals surface area contributed by atoms with Crippen molar-refractivity contribution in [2.45, 2.75) is 13.3 Å². The lowest BCUT2D eigenvalue weighted by molar-refractivity contribution is 0.0850. The van der Waals surface area contributed by atoms with Gasteiger partial charge in [0.1, 0.15) is 5.75 Å². The zero-order chi connectivity index (χ0) is 14.4. The summed E-state index contributed by atoms with van der Waals surface area (Å²) in [5.41, 5.74) is 0.686. The molecule has 2 rings (SSSR count). The number of para-hydroxylation sites is 1. The van der Waals surface area contributed by atoms with E-state index in [1.54, 1.807) is 7.11 Å². The fraction of sp³-hybridized carbons (Fsp3) is 0.562. The lowest BCUT2D eigenvalue weighted by Gasteiger charge is -2.34. The third-order valence-corrected chi connectivity index (χ3v) is 3.78. The number of nitrogens with zero attached hydrogens (tertiary/aromatic N) is 2. The first-order valence-electron chi connectivity index (χ1n) is 7.35. The molecule has 0 amide bonds. The van der Waals surface area contributed by atoms with E-state index in [-0.39, 0.29) is 5.78 Å². The van der Waals surface area contributed by atoms with Gasteiger partial charge >= 0.3 is 0 Å². The minimum Gasteiger partial charge on any atom is -0.496 e. The monoisotopic (exact) mass is 276 g/mol. The van der Waals surface area contributed by atoms with E-state index in [0.717, 1.165) is 32.7 Å². The van der Waals surface area contributed by atoms with Crippen LogP contribution in [0.25, 0.3) is 0 Å². The first kappa shape index (κ1) is 15.0. The Morgan fingerprint density at radius 3 is 2.45 bits per heavy atom. The molecule has 0 atom stereocenters. The Labute approximate surface area is 121 Å². The molecule has 0 saturated carbocycles. The van der Waals surface area contributed by atoms with E-state index < -0.39 is 0 Å². The minimum absolute atomic E-state index is 0.145. The molecule has 4 heteroatoms. The van der Waals surface area contributed by atoms with E-state index in [1.165, 1.54) is 6.42 Å². The van der Waals surface area contributed by atoms with Crippen LogP contribution in [0.1, 0.15) is 23.7 Å². The van der Waals surface area contributed by atoms with Crippen LogP contribution in [0.5, 0.6) is 5.75 Å². The molecular weight excluding hydrogens is 252 g/mol. The van der Waals surface area contributed by atoms with Gasteiger partial charge in [-0.2, -0.15) is 0 Å². The molecule has 4 nitrogen and oxygen atoms in total. The summed E-state index contributed by atoms with van der Waals surface area (Å²) in [7, 11) is 1.61. The molecule has 0 radical (unpaired) electrons. The van der Waals surface area contributed by atoms with Crippen molar-refractivity contribution in [2.75, 3.05) is 46.4 Å². The fourth-order valence-electron chi connectivity index (χ4n) is 2.65. The first-order valence-corrected chi connectivity index (χ1v) is 7.35. The van der Waals surface area contributed by atoms with Crippen LogP contribution in [0.15, 0.2) is 24.3 Å². The average Bonchev–Trinajstić information content (AvgIpc) is 2.49. The molecule has 110 valence electrons. The van der Waals surface area contributed by atoms with Gasteiger partial charge in [0.2, 0.25) is 0 Å². The van der Waals surface area contributed by atoms with E-state index in [0.29, 0.717) is 17.9 Å². The van der Waals surface area contributed by atoms with E-state index in [2.05, 4.69) is 16.7 Å². The number of ketones is 1. The maximum Gasteiger partial charge on any atom is 0.180 e. The predicted octanol–water partition coefficient (Wildman–Crippen LogP) is 1.91. The van der Waals surface area contributed by atoms with Crippen molar-refractivity contribution in [1.29, 1.82) is 0 Å². The fourth-order valence-corrected chi connectivity index (χ4v) is 2.65. The van der Waals surface area contributed by atoms with Gasteiger partial charge in [-0.1, -0.05) is 19.1 Å². The lowest BCUT2D eigenvalue weighted by Crippen LogP contribution is -2.47. The molecule has 0 spiro atoms. The quantitative estimate of drug-likeness (QED) is 0.743. The van der Waals surface area contributed by atoms with Gasteiger partial charge in [0.25, 0.3) is 0 Å². The number of benzene rings is 1. The summed E-state index contributed by atoms with van der Waals surface area (Å²) < 4.78 is 5.26. The zero-order valence-electron chi connectivity index (χ0n) is 12.5. The standard InChI is InChI=1S/C16H24N2O2/c1-3-8-17-9-11-18(12-10-17)13-15(19)14-6-4-5-7-16(14)20-2/h4-7H,3,8-13H2,1-2H3. The van der Waals surface area contributed by atoms with Gasteiger partial charge < -0.3 is 9.64 Å². The highest BCUT2D eigenvalue weighted by Gasteiger charge is 2.20. The van der Waals surface area contributed by atoms with Crippen molar-refractivity contribution in [2.24, 2.45) is 0 Å². The van der Waals surface area contributed by atoms with Gasteiger partial charge in [-0.15, -0.1) is 0 Å². The molecule has 0 bridgehead atoms. The SMILES string of the molecule is CCCN1CCN(CC(=O)c2ccccc2OC)CC1.